The fourth-order valence-electron chi connectivity index (χ4n) is 1.24. The van der Waals surface area contributed by atoms with E-state index in [0.29, 0.717) is 13.1 Å². The van der Waals surface area contributed by atoms with Gasteiger partial charge in [-0.3, -0.25) is 0 Å². The van der Waals surface area contributed by atoms with Crippen LogP contribution < -0.4 is 0 Å². The molecule has 0 aliphatic carbocycles. The first kappa shape index (κ1) is 12.8. The molecule has 0 saturated heterocycles. The molecule has 0 heterocycles. The predicted octanol–water partition coefficient (Wildman–Crippen LogP) is 2.12. The Labute approximate surface area is 86.7 Å². The Balaban J connectivity index is 4.38. The molecule has 0 aromatic heterocycles. The minimum absolute atomic E-state index is 0.0507. The van der Waals surface area contributed by atoms with Gasteiger partial charge in [-0.05, 0) is 13.8 Å². The molecule has 80 valence electrons. The van der Waals surface area contributed by atoms with E-state index in [1.165, 1.54) is 0 Å². The Bertz CT molecular complexity index is 187. The van der Waals surface area contributed by atoms with Crippen molar-refractivity contribution in [3.05, 3.63) is 25.3 Å². The highest BCUT2D eigenvalue weighted by molar-refractivity contribution is 5.74. The zero-order valence-electron chi connectivity index (χ0n) is 9.20. The van der Waals surface area contributed by atoms with Gasteiger partial charge in [-0.2, -0.15) is 0 Å². The minimum Gasteiger partial charge on any atom is -0.325 e. The fraction of sp³-hybridized carbons (Fsp3) is 0.545. The second-order valence-electron chi connectivity index (χ2n) is 2.94. The lowest BCUT2D eigenvalue weighted by atomic mass is 10.4. The number of carbonyl (C=O) groups excluding carboxylic acids is 1. The molecule has 0 aromatic carbocycles. The van der Waals surface area contributed by atoms with E-state index in [-0.39, 0.29) is 6.03 Å². The minimum atomic E-state index is 0.0507. The number of carbonyl (C=O) groups is 1. The van der Waals surface area contributed by atoms with Crippen LogP contribution >= 0.6 is 0 Å². The van der Waals surface area contributed by atoms with E-state index < -0.39 is 0 Å². The molecule has 0 saturated carbocycles. The summed E-state index contributed by atoms with van der Waals surface area (Å²) in [6, 6.07) is 0.0507. The predicted molar refractivity (Wildman–Crippen MR) is 60.3 cm³/mol. The van der Waals surface area contributed by atoms with Crippen molar-refractivity contribution in [3.63, 3.8) is 0 Å². The lowest BCUT2D eigenvalue weighted by Gasteiger charge is -2.27. The molecular weight excluding hydrogens is 176 g/mol. The van der Waals surface area contributed by atoms with Crippen LogP contribution in [-0.2, 0) is 0 Å². The van der Waals surface area contributed by atoms with Crippen LogP contribution in [0.4, 0.5) is 4.79 Å². The number of nitrogens with zero attached hydrogens (tertiary/aromatic N) is 2. The Hall–Kier alpha value is -1.25. The number of rotatable bonds is 6. The zero-order valence-corrected chi connectivity index (χ0v) is 9.20. The summed E-state index contributed by atoms with van der Waals surface area (Å²) in [4.78, 5) is 15.3. The van der Waals surface area contributed by atoms with Crippen LogP contribution in [0.5, 0.6) is 0 Å². The molecule has 2 amide bonds. The van der Waals surface area contributed by atoms with Crippen molar-refractivity contribution in [2.24, 2.45) is 0 Å². The standard InChI is InChI=1S/C11H20N2O/c1-5-9-13(10-6-2)11(14)12(7-3)8-4/h5-6H,1-2,7-10H2,3-4H3. The summed E-state index contributed by atoms with van der Waals surface area (Å²) < 4.78 is 0. The first-order valence-electron chi connectivity index (χ1n) is 4.96. The average molecular weight is 196 g/mol. The van der Waals surface area contributed by atoms with Crippen molar-refractivity contribution in [2.45, 2.75) is 13.8 Å². The van der Waals surface area contributed by atoms with Crippen LogP contribution in [0.1, 0.15) is 13.8 Å². The van der Waals surface area contributed by atoms with Crippen molar-refractivity contribution in [2.75, 3.05) is 26.2 Å². The molecule has 0 bridgehead atoms. The lowest BCUT2D eigenvalue weighted by molar-refractivity contribution is 0.167. The Kier molecular flexibility index (Phi) is 6.54. The Morgan fingerprint density at radius 3 is 1.79 bits per heavy atom. The maximum atomic E-state index is 11.8. The molecule has 0 N–H and O–H groups in total. The largest absolute Gasteiger partial charge is 0.325 e. The van der Waals surface area contributed by atoms with Crippen molar-refractivity contribution in [1.82, 2.24) is 9.80 Å². The summed E-state index contributed by atoms with van der Waals surface area (Å²) in [5, 5.41) is 0. The third-order valence-electron chi connectivity index (χ3n) is 2.00. The van der Waals surface area contributed by atoms with E-state index in [0.717, 1.165) is 13.1 Å². The van der Waals surface area contributed by atoms with Gasteiger partial charge in [-0.1, -0.05) is 12.2 Å². The van der Waals surface area contributed by atoms with Gasteiger partial charge in [0.25, 0.3) is 0 Å². The van der Waals surface area contributed by atoms with Crippen molar-refractivity contribution in [1.29, 1.82) is 0 Å². The van der Waals surface area contributed by atoms with Gasteiger partial charge in [0.2, 0.25) is 0 Å². The zero-order chi connectivity index (χ0) is 11.0. The topological polar surface area (TPSA) is 23.6 Å². The molecule has 0 atom stereocenters. The van der Waals surface area contributed by atoms with E-state index in [2.05, 4.69) is 13.2 Å². The van der Waals surface area contributed by atoms with Crippen LogP contribution in [0.3, 0.4) is 0 Å². The third-order valence-corrected chi connectivity index (χ3v) is 2.00. The third kappa shape index (κ3) is 3.64. The fourth-order valence-corrected chi connectivity index (χ4v) is 1.24. The van der Waals surface area contributed by atoms with Gasteiger partial charge in [-0.25, -0.2) is 4.79 Å². The monoisotopic (exact) mass is 196 g/mol. The van der Waals surface area contributed by atoms with Crippen LogP contribution in [0, 0.1) is 0 Å². The normalized spacial score (nSPS) is 9.29. The second kappa shape index (κ2) is 7.18. The summed E-state index contributed by atoms with van der Waals surface area (Å²) in [5.74, 6) is 0. The van der Waals surface area contributed by atoms with Crippen molar-refractivity contribution in [3.8, 4) is 0 Å². The van der Waals surface area contributed by atoms with Gasteiger partial charge in [0, 0.05) is 26.2 Å². The van der Waals surface area contributed by atoms with Crippen molar-refractivity contribution >= 4 is 6.03 Å². The van der Waals surface area contributed by atoms with Gasteiger partial charge in [0.1, 0.15) is 0 Å². The first-order chi connectivity index (χ1) is 6.71. The highest BCUT2D eigenvalue weighted by Crippen LogP contribution is 1.99. The van der Waals surface area contributed by atoms with E-state index in [1.807, 2.05) is 13.8 Å². The van der Waals surface area contributed by atoms with Gasteiger partial charge >= 0.3 is 6.03 Å². The molecule has 0 unspecified atom stereocenters. The Morgan fingerprint density at radius 1 is 1.07 bits per heavy atom. The Morgan fingerprint density at radius 2 is 1.50 bits per heavy atom. The van der Waals surface area contributed by atoms with E-state index in [4.69, 9.17) is 0 Å². The number of hydrogen-bond acceptors (Lipinski definition) is 1. The number of amides is 2. The first-order valence-corrected chi connectivity index (χ1v) is 4.96. The SMILES string of the molecule is C=CCN(CC=C)C(=O)N(CC)CC. The molecule has 14 heavy (non-hydrogen) atoms. The molecule has 0 radical (unpaired) electrons. The second-order valence-corrected chi connectivity index (χ2v) is 2.94. The summed E-state index contributed by atoms with van der Waals surface area (Å²) >= 11 is 0. The molecule has 3 heteroatoms. The van der Waals surface area contributed by atoms with Gasteiger partial charge in [-0.15, -0.1) is 13.2 Å². The quantitative estimate of drug-likeness (QED) is 0.597. The van der Waals surface area contributed by atoms with Crippen LogP contribution in [0.15, 0.2) is 25.3 Å². The molecule has 0 aliphatic heterocycles. The molecule has 0 spiro atoms. The smallest absolute Gasteiger partial charge is 0.320 e. The highest BCUT2D eigenvalue weighted by atomic mass is 16.2. The molecule has 3 nitrogen and oxygen atoms in total. The summed E-state index contributed by atoms with van der Waals surface area (Å²) in [5.41, 5.74) is 0. The van der Waals surface area contributed by atoms with Crippen LogP contribution in [-0.4, -0.2) is 42.0 Å². The number of hydrogen-bond donors (Lipinski definition) is 0. The van der Waals surface area contributed by atoms with Crippen molar-refractivity contribution < 1.29 is 4.79 Å². The van der Waals surface area contributed by atoms with Gasteiger partial charge in [0.15, 0.2) is 0 Å². The van der Waals surface area contributed by atoms with E-state index >= 15 is 0 Å². The summed E-state index contributed by atoms with van der Waals surface area (Å²) in [7, 11) is 0. The van der Waals surface area contributed by atoms with Gasteiger partial charge in [0.05, 0.1) is 0 Å². The highest BCUT2D eigenvalue weighted by Gasteiger charge is 2.15. The molecule has 0 aliphatic rings. The van der Waals surface area contributed by atoms with E-state index in [1.54, 1.807) is 22.0 Å². The maximum absolute atomic E-state index is 11.8. The van der Waals surface area contributed by atoms with Gasteiger partial charge < -0.3 is 9.80 Å². The summed E-state index contributed by atoms with van der Waals surface area (Å²) in [6.45, 7) is 13.8. The number of urea groups is 1. The lowest BCUT2D eigenvalue weighted by Crippen LogP contribution is -2.43. The molecular formula is C11H20N2O. The molecule has 0 rings (SSSR count). The average Bonchev–Trinajstić information content (AvgIpc) is 2.19. The maximum Gasteiger partial charge on any atom is 0.320 e. The summed E-state index contributed by atoms with van der Waals surface area (Å²) in [6.07, 6.45) is 3.45. The van der Waals surface area contributed by atoms with Crippen LogP contribution in [0.2, 0.25) is 0 Å². The molecule has 0 aromatic rings. The van der Waals surface area contributed by atoms with E-state index in [9.17, 15) is 4.79 Å². The molecule has 0 fully saturated rings. The van der Waals surface area contributed by atoms with Crippen LogP contribution in [0.25, 0.3) is 0 Å².